The van der Waals surface area contributed by atoms with Gasteiger partial charge in [-0.25, -0.2) is 0 Å². The van der Waals surface area contributed by atoms with Gasteiger partial charge in [-0.15, -0.1) is 0 Å². The van der Waals surface area contributed by atoms with Crippen LogP contribution in [0.25, 0.3) is 0 Å². The van der Waals surface area contributed by atoms with Crippen LogP contribution in [0, 0.1) is 0 Å². The van der Waals surface area contributed by atoms with E-state index in [2.05, 4.69) is 35.0 Å². The van der Waals surface area contributed by atoms with E-state index in [9.17, 15) is 4.57 Å². The molecule has 0 saturated heterocycles. The number of nitrogens with zero attached hydrogens (tertiary/aromatic N) is 2. The summed E-state index contributed by atoms with van der Waals surface area (Å²) in [7, 11) is -0.631. The maximum Gasteiger partial charge on any atom is 0.249 e. The molecule has 0 spiro atoms. The van der Waals surface area contributed by atoms with Crippen molar-refractivity contribution in [1.29, 1.82) is 0 Å². The molecule has 1 rings (SSSR count). The van der Waals surface area contributed by atoms with Gasteiger partial charge >= 0.3 is 0 Å². The van der Waals surface area contributed by atoms with Crippen LogP contribution < -0.4 is 5.32 Å². The van der Waals surface area contributed by atoms with Crippen LogP contribution in [0.1, 0.15) is 55.7 Å². The Morgan fingerprint density at radius 2 is 2.15 bits per heavy atom. The van der Waals surface area contributed by atoms with E-state index in [-0.39, 0.29) is 12.6 Å². The lowest BCUT2D eigenvalue weighted by molar-refractivity contribution is 0.302. The van der Waals surface area contributed by atoms with Gasteiger partial charge in [0.1, 0.15) is 6.73 Å². The zero-order valence-electron chi connectivity index (χ0n) is 12.1. The van der Waals surface area contributed by atoms with E-state index < -0.39 is 13.0 Å². The van der Waals surface area contributed by atoms with E-state index in [1.165, 1.54) is 25.7 Å². The molecule has 6 nitrogen and oxygen atoms in total. The summed E-state index contributed by atoms with van der Waals surface area (Å²) in [5, 5.41) is 6.65. The van der Waals surface area contributed by atoms with Crippen LogP contribution >= 0.6 is 20.7 Å². The molecule has 1 aromatic rings. The lowest BCUT2D eigenvalue weighted by Crippen LogP contribution is -2.08. The van der Waals surface area contributed by atoms with Gasteiger partial charge in [0.15, 0.2) is 10.8 Å². The molecule has 0 fully saturated rings. The molecule has 1 heterocycles. The van der Waals surface area contributed by atoms with Gasteiger partial charge in [0.25, 0.3) is 0 Å². The summed E-state index contributed by atoms with van der Waals surface area (Å²) >= 11 is 4.22. The van der Waals surface area contributed by atoms with Crippen LogP contribution in [0.4, 0.5) is 0 Å². The predicted octanol–water partition coefficient (Wildman–Crippen LogP) is 3.18. The van der Waals surface area contributed by atoms with Crippen molar-refractivity contribution in [2.75, 3.05) is 13.8 Å². The smallest absolute Gasteiger partial charge is 0.249 e. The van der Waals surface area contributed by atoms with E-state index in [4.69, 9.17) is 9.05 Å². The first-order chi connectivity index (χ1) is 9.69. The molecular formula is C12H24N3O3PS. The van der Waals surface area contributed by atoms with Crippen molar-refractivity contribution in [2.24, 2.45) is 0 Å². The minimum atomic E-state index is -2.35. The average molecular weight is 321 g/mol. The summed E-state index contributed by atoms with van der Waals surface area (Å²) in [6.07, 6.45) is 6.73. The lowest BCUT2D eigenvalue weighted by atomic mass is 10.1. The Morgan fingerprint density at radius 1 is 1.40 bits per heavy atom. The van der Waals surface area contributed by atoms with Gasteiger partial charge in [-0.2, -0.15) is 17.6 Å². The van der Waals surface area contributed by atoms with Crippen molar-refractivity contribution < 1.29 is 13.6 Å². The minimum absolute atomic E-state index is 0.216. The Hall–Kier alpha value is -0.360. The minimum Gasteiger partial charge on any atom is -0.338 e. The fraction of sp³-hybridized carbons (Fsp3) is 0.833. The van der Waals surface area contributed by atoms with Gasteiger partial charge in [0, 0.05) is 6.42 Å². The monoisotopic (exact) mass is 321 g/mol. The fourth-order valence-corrected chi connectivity index (χ4v) is 2.78. The third-order valence-electron chi connectivity index (χ3n) is 2.80. The Morgan fingerprint density at radius 3 is 2.85 bits per heavy atom. The number of aromatic nitrogens is 2. The maximum atomic E-state index is 11.8. The second kappa shape index (κ2) is 10.4. The summed E-state index contributed by atoms with van der Waals surface area (Å²) in [6, 6.07) is 0. The van der Waals surface area contributed by atoms with Crippen LogP contribution in [0.3, 0.4) is 0 Å². The lowest BCUT2D eigenvalue weighted by Gasteiger charge is -2.06. The normalized spacial score (nSPS) is 14.3. The van der Waals surface area contributed by atoms with Crippen molar-refractivity contribution in [3.8, 4) is 0 Å². The Kier molecular flexibility index (Phi) is 9.18. The van der Waals surface area contributed by atoms with Gasteiger partial charge in [-0.3, -0.25) is 9.88 Å². The highest BCUT2D eigenvalue weighted by Gasteiger charge is 2.21. The second-order valence-corrected chi connectivity index (χ2v) is 7.08. The number of rotatable bonds is 11. The predicted molar refractivity (Wildman–Crippen MR) is 82.5 cm³/mol. The molecule has 8 heteroatoms. The Bertz CT molecular complexity index is 403. The molecule has 2 unspecified atom stereocenters. The topological polar surface area (TPSA) is 77.2 Å². The molecule has 2 atom stereocenters. The van der Waals surface area contributed by atoms with E-state index in [1.807, 2.05) is 0 Å². The third-order valence-corrected chi connectivity index (χ3v) is 4.78. The van der Waals surface area contributed by atoms with Crippen LogP contribution in [-0.2, 0) is 15.5 Å². The summed E-state index contributed by atoms with van der Waals surface area (Å²) in [5.74, 6) is 0.927. The summed E-state index contributed by atoms with van der Waals surface area (Å²) in [5.41, 5.74) is 0. The van der Waals surface area contributed by atoms with E-state index in [1.54, 1.807) is 7.05 Å². The van der Waals surface area contributed by atoms with Crippen molar-refractivity contribution in [2.45, 2.75) is 50.4 Å². The van der Waals surface area contributed by atoms with Crippen molar-refractivity contribution in [1.82, 2.24) is 15.5 Å². The van der Waals surface area contributed by atoms with Crippen molar-refractivity contribution in [3.05, 3.63) is 11.7 Å². The second-order valence-electron chi connectivity index (χ2n) is 4.58. The van der Waals surface area contributed by atoms with Crippen LogP contribution in [-0.4, -0.2) is 23.9 Å². The molecular weight excluding hydrogens is 297 g/mol. The van der Waals surface area contributed by atoms with Crippen LogP contribution in [0.2, 0.25) is 0 Å². The van der Waals surface area contributed by atoms with E-state index >= 15 is 0 Å². The van der Waals surface area contributed by atoms with Crippen LogP contribution in [0.5, 0.6) is 0 Å². The highest BCUT2D eigenvalue weighted by molar-refractivity contribution is 7.87. The molecule has 1 aromatic heterocycles. The average Bonchev–Trinajstić information content (AvgIpc) is 2.92. The molecule has 1 N–H and O–H groups in total. The number of hydrogen-bond donors (Lipinski definition) is 2. The van der Waals surface area contributed by atoms with Gasteiger partial charge in [-0.05, 0) is 13.5 Å². The molecule has 0 radical (unpaired) electrons. The molecule has 0 aliphatic rings. The zero-order valence-corrected chi connectivity index (χ0v) is 14.0. The van der Waals surface area contributed by atoms with Crippen molar-refractivity contribution in [3.63, 3.8) is 0 Å². The zero-order chi connectivity index (χ0) is 14.8. The fourth-order valence-electron chi connectivity index (χ4n) is 1.69. The van der Waals surface area contributed by atoms with Gasteiger partial charge in [0.05, 0.1) is 0 Å². The Balaban J connectivity index is 2.36. The Labute approximate surface area is 126 Å². The molecule has 0 aliphatic heterocycles. The van der Waals surface area contributed by atoms with E-state index in [0.29, 0.717) is 5.82 Å². The first-order valence-electron chi connectivity index (χ1n) is 7.00. The SMILES string of the molecule is CCCCCCCc1noc(C(S)[PH](=O)OCNC)n1. The molecule has 0 aliphatic carbocycles. The van der Waals surface area contributed by atoms with Gasteiger partial charge in [-0.1, -0.05) is 37.8 Å². The quantitative estimate of drug-likeness (QED) is 0.282. The molecule has 20 heavy (non-hydrogen) atoms. The highest BCUT2D eigenvalue weighted by atomic mass is 32.1. The molecule has 116 valence electrons. The number of thiol groups is 1. The molecule has 0 amide bonds. The highest BCUT2D eigenvalue weighted by Crippen LogP contribution is 2.43. The first-order valence-corrected chi connectivity index (χ1v) is 8.91. The van der Waals surface area contributed by atoms with E-state index in [0.717, 1.165) is 12.8 Å². The van der Waals surface area contributed by atoms with Crippen molar-refractivity contribution >= 4 is 20.7 Å². The van der Waals surface area contributed by atoms with Crippen LogP contribution in [0.15, 0.2) is 4.52 Å². The number of nitrogens with one attached hydrogen (secondary N) is 1. The van der Waals surface area contributed by atoms with Gasteiger partial charge in [0.2, 0.25) is 13.9 Å². The largest absolute Gasteiger partial charge is 0.338 e. The van der Waals surface area contributed by atoms with Gasteiger partial charge < -0.3 is 9.05 Å². The molecule has 0 aromatic carbocycles. The number of unbranched alkanes of at least 4 members (excludes halogenated alkanes) is 4. The maximum absolute atomic E-state index is 11.8. The number of hydrogen-bond acceptors (Lipinski definition) is 7. The summed E-state index contributed by atoms with van der Waals surface area (Å²) in [4.78, 5) is 3.58. The molecule has 0 bridgehead atoms. The molecule has 0 saturated carbocycles. The first kappa shape index (κ1) is 17.7. The summed E-state index contributed by atoms with van der Waals surface area (Å²) in [6.45, 7) is 2.41. The summed E-state index contributed by atoms with van der Waals surface area (Å²) < 4.78 is 21.9. The standard InChI is InChI=1S/C12H24N3O3PS/c1-3-4-5-6-7-8-10-14-11(18-15-10)12(20)19(16)17-9-13-2/h12-13,19-20H,3-9H2,1-2H3. The number of aryl methyl sites for hydroxylation is 1. The third kappa shape index (κ3) is 6.39.